The fourth-order valence-electron chi connectivity index (χ4n) is 4.24. The maximum absolute atomic E-state index is 12.3. The number of amides is 2. The van der Waals surface area contributed by atoms with E-state index in [9.17, 15) is 14.4 Å². The fourth-order valence-corrected chi connectivity index (χ4v) is 4.24. The Hall–Kier alpha value is -3.35. The van der Waals surface area contributed by atoms with Gasteiger partial charge in [-0.05, 0) is 35.6 Å². The summed E-state index contributed by atoms with van der Waals surface area (Å²) < 4.78 is 5.50. The zero-order valence-corrected chi connectivity index (χ0v) is 18.5. The maximum Gasteiger partial charge on any atom is 0.407 e. The Morgan fingerprint density at radius 3 is 2.12 bits per heavy atom. The molecule has 7 heteroatoms. The quantitative estimate of drug-likeness (QED) is 0.519. The van der Waals surface area contributed by atoms with Crippen molar-refractivity contribution in [2.45, 2.75) is 57.5 Å². The predicted molar refractivity (Wildman–Crippen MR) is 121 cm³/mol. The van der Waals surface area contributed by atoms with E-state index in [-0.39, 0.29) is 31.3 Å². The summed E-state index contributed by atoms with van der Waals surface area (Å²) in [5.74, 6) is -1.28. The molecule has 2 aromatic rings. The van der Waals surface area contributed by atoms with Crippen LogP contribution < -0.4 is 10.6 Å². The van der Waals surface area contributed by atoms with Gasteiger partial charge in [-0.3, -0.25) is 9.59 Å². The number of rotatable bonds is 10. The van der Waals surface area contributed by atoms with Crippen LogP contribution in [0, 0.1) is 0 Å². The van der Waals surface area contributed by atoms with Gasteiger partial charge in [-0.2, -0.15) is 0 Å². The Bertz CT molecular complexity index is 929. The molecule has 170 valence electrons. The van der Waals surface area contributed by atoms with Gasteiger partial charge in [0, 0.05) is 24.4 Å². The first-order chi connectivity index (χ1) is 15.4. The van der Waals surface area contributed by atoms with E-state index in [1.165, 1.54) is 0 Å². The molecule has 1 aliphatic rings. The second-order valence-corrected chi connectivity index (χ2v) is 8.23. The van der Waals surface area contributed by atoms with Gasteiger partial charge in [0.25, 0.3) is 0 Å². The van der Waals surface area contributed by atoms with Crippen molar-refractivity contribution in [2.75, 3.05) is 6.61 Å². The molecule has 0 heterocycles. The van der Waals surface area contributed by atoms with Crippen LogP contribution in [0.1, 0.15) is 56.6 Å². The lowest BCUT2D eigenvalue weighted by atomic mass is 9.98. The molecular weight excluding hydrogens is 408 g/mol. The molecule has 0 bridgehead atoms. The van der Waals surface area contributed by atoms with Gasteiger partial charge in [0.05, 0.1) is 6.42 Å². The fraction of sp³-hybridized carbons (Fsp3) is 0.400. The van der Waals surface area contributed by atoms with E-state index in [1.54, 1.807) is 6.92 Å². The number of carboxylic acid groups (broad SMARTS) is 1. The number of carboxylic acids is 1. The van der Waals surface area contributed by atoms with Gasteiger partial charge in [0.15, 0.2) is 0 Å². The van der Waals surface area contributed by atoms with Crippen molar-refractivity contribution in [1.29, 1.82) is 0 Å². The standard InChI is InChI=1S/C25H30N2O5/c1-3-8-17(14-24(29)30)27-23(28)13-16(2)26-25(31)32-15-22-20-11-6-4-9-18(20)19-10-5-7-12-21(19)22/h4-7,9-12,16-17,22H,3,8,13-15H2,1-2H3,(H,26,31)(H,27,28)(H,29,30)/t16-,17+/m1/s1. The molecule has 2 atom stereocenters. The van der Waals surface area contributed by atoms with Crippen LogP contribution in [-0.2, 0) is 14.3 Å². The molecule has 0 saturated heterocycles. The second kappa shape index (κ2) is 10.8. The van der Waals surface area contributed by atoms with E-state index >= 15 is 0 Å². The van der Waals surface area contributed by atoms with Gasteiger partial charge >= 0.3 is 12.1 Å². The Balaban J connectivity index is 1.51. The van der Waals surface area contributed by atoms with Crippen molar-refractivity contribution in [3.8, 4) is 11.1 Å². The number of carbonyl (C=O) groups excluding carboxylic acids is 2. The van der Waals surface area contributed by atoms with Gasteiger partial charge in [-0.1, -0.05) is 61.9 Å². The molecule has 2 amide bonds. The van der Waals surface area contributed by atoms with E-state index < -0.39 is 24.1 Å². The number of benzene rings is 2. The summed E-state index contributed by atoms with van der Waals surface area (Å²) in [5.41, 5.74) is 4.58. The van der Waals surface area contributed by atoms with E-state index in [2.05, 4.69) is 34.9 Å². The van der Waals surface area contributed by atoms with Crippen LogP contribution in [0.4, 0.5) is 4.79 Å². The third-order valence-corrected chi connectivity index (χ3v) is 5.62. The monoisotopic (exact) mass is 438 g/mol. The topological polar surface area (TPSA) is 105 Å². The molecule has 0 aliphatic heterocycles. The van der Waals surface area contributed by atoms with Crippen molar-refractivity contribution >= 4 is 18.0 Å². The van der Waals surface area contributed by atoms with E-state index in [0.29, 0.717) is 6.42 Å². The first kappa shape index (κ1) is 23.3. The normalized spacial score (nSPS) is 14.1. The number of carbonyl (C=O) groups is 3. The molecule has 0 aromatic heterocycles. The van der Waals surface area contributed by atoms with Gasteiger partial charge in [0.1, 0.15) is 6.61 Å². The predicted octanol–water partition coefficient (Wildman–Crippen LogP) is 4.06. The molecule has 0 saturated carbocycles. The summed E-state index contributed by atoms with van der Waals surface area (Å²) in [7, 11) is 0. The van der Waals surface area contributed by atoms with Crippen molar-refractivity contribution in [3.63, 3.8) is 0 Å². The SMILES string of the molecule is CCC[C@@H](CC(=O)O)NC(=O)C[C@@H](C)NC(=O)OCC1c2ccccc2-c2ccccc21. The van der Waals surface area contributed by atoms with Crippen molar-refractivity contribution in [3.05, 3.63) is 59.7 Å². The highest BCUT2D eigenvalue weighted by Crippen LogP contribution is 2.44. The second-order valence-electron chi connectivity index (χ2n) is 8.23. The van der Waals surface area contributed by atoms with Crippen molar-refractivity contribution < 1.29 is 24.2 Å². The van der Waals surface area contributed by atoms with Crippen LogP contribution in [-0.4, -0.2) is 41.8 Å². The molecule has 0 spiro atoms. The summed E-state index contributed by atoms with van der Waals surface area (Å²) in [4.78, 5) is 35.5. The number of hydrogen-bond acceptors (Lipinski definition) is 4. The Labute approximate surface area is 188 Å². The molecular formula is C25H30N2O5. The maximum atomic E-state index is 12.3. The first-order valence-corrected chi connectivity index (χ1v) is 11.0. The van der Waals surface area contributed by atoms with E-state index in [4.69, 9.17) is 9.84 Å². The van der Waals surface area contributed by atoms with Crippen LogP contribution >= 0.6 is 0 Å². The zero-order valence-electron chi connectivity index (χ0n) is 18.5. The van der Waals surface area contributed by atoms with Crippen LogP contribution in [0.15, 0.2) is 48.5 Å². The van der Waals surface area contributed by atoms with Gasteiger partial charge < -0.3 is 20.5 Å². The molecule has 32 heavy (non-hydrogen) atoms. The van der Waals surface area contributed by atoms with E-state index in [0.717, 1.165) is 28.7 Å². The van der Waals surface area contributed by atoms with Gasteiger partial charge in [0.2, 0.25) is 5.91 Å². The largest absolute Gasteiger partial charge is 0.481 e. The average molecular weight is 439 g/mol. The first-order valence-electron chi connectivity index (χ1n) is 11.0. The third-order valence-electron chi connectivity index (χ3n) is 5.62. The Kier molecular flexibility index (Phi) is 7.87. The Morgan fingerprint density at radius 1 is 0.969 bits per heavy atom. The number of ether oxygens (including phenoxy) is 1. The number of alkyl carbamates (subject to hydrolysis) is 1. The minimum atomic E-state index is -0.950. The highest BCUT2D eigenvalue weighted by Gasteiger charge is 2.29. The molecule has 0 radical (unpaired) electrons. The van der Waals surface area contributed by atoms with Gasteiger partial charge in [-0.25, -0.2) is 4.79 Å². The minimum Gasteiger partial charge on any atom is -0.481 e. The molecule has 2 aromatic carbocycles. The summed E-state index contributed by atoms with van der Waals surface area (Å²) in [6, 6.07) is 15.4. The highest BCUT2D eigenvalue weighted by atomic mass is 16.5. The number of hydrogen-bond donors (Lipinski definition) is 3. The molecule has 7 nitrogen and oxygen atoms in total. The molecule has 3 rings (SSSR count). The highest BCUT2D eigenvalue weighted by molar-refractivity contribution is 5.80. The van der Waals surface area contributed by atoms with E-state index in [1.807, 2.05) is 31.2 Å². The van der Waals surface area contributed by atoms with Crippen molar-refractivity contribution in [1.82, 2.24) is 10.6 Å². The lowest BCUT2D eigenvalue weighted by Gasteiger charge is -2.19. The Morgan fingerprint density at radius 2 is 1.56 bits per heavy atom. The number of fused-ring (bicyclic) bond motifs is 3. The van der Waals surface area contributed by atoms with Crippen LogP contribution in [0.2, 0.25) is 0 Å². The zero-order chi connectivity index (χ0) is 23.1. The smallest absolute Gasteiger partial charge is 0.407 e. The average Bonchev–Trinajstić information content (AvgIpc) is 3.05. The lowest BCUT2D eigenvalue weighted by Crippen LogP contribution is -2.41. The van der Waals surface area contributed by atoms with Crippen molar-refractivity contribution in [2.24, 2.45) is 0 Å². The number of nitrogens with one attached hydrogen (secondary N) is 2. The van der Waals surface area contributed by atoms with Crippen LogP contribution in [0.3, 0.4) is 0 Å². The summed E-state index contributed by atoms with van der Waals surface area (Å²) in [6.45, 7) is 3.85. The van der Waals surface area contributed by atoms with Crippen LogP contribution in [0.5, 0.6) is 0 Å². The van der Waals surface area contributed by atoms with Gasteiger partial charge in [-0.15, -0.1) is 0 Å². The molecule has 0 fully saturated rings. The number of aliphatic carboxylic acids is 1. The minimum absolute atomic E-state index is 0.0300. The molecule has 3 N–H and O–H groups in total. The summed E-state index contributed by atoms with van der Waals surface area (Å²) in [6.07, 6.45) is 0.707. The summed E-state index contributed by atoms with van der Waals surface area (Å²) in [5, 5.41) is 14.4. The molecule has 1 aliphatic carbocycles. The third kappa shape index (κ3) is 5.87. The lowest BCUT2D eigenvalue weighted by molar-refractivity contribution is -0.137. The summed E-state index contributed by atoms with van der Waals surface area (Å²) >= 11 is 0. The molecule has 0 unspecified atom stereocenters. The van der Waals surface area contributed by atoms with Crippen LogP contribution in [0.25, 0.3) is 11.1 Å².